The van der Waals surface area contributed by atoms with Crippen molar-refractivity contribution in [3.05, 3.63) is 0 Å². The summed E-state index contributed by atoms with van der Waals surface area (Å²) in [4.78, 5) is 11.9. The molecule has 0 heterocycles. The fraction of sp³-hybridized carbons (Fsp3) is 0.933. The van der Waals surface area contributed by atoms with Crippen molar-refractivity contribution in [3.8, 4) is 0 Å². The van der Waals surface area contributed by atoms with Gasteiger partial charge in [-0.05, 0) is 56.8 Å². The Morgan fingerprint density at radius 3 is 2.29 bits per heavy atom. The minimum absolute atomic E-state index is 0.0467. The first-order valence-corrected chi connectivity index (χ1v) is 6.89. The Kier molecular flexibility index (Phi) is 2.83. The molecule has 17 heavy (non-hydrogen) atoms. The van der Waals surface area contributed by atoms with Gasteiger partial charge in [-0.25, -0.2) is 0 Å². The van der Waals surface area contributed by atoms with Crippen LogP contribution in [0.2, 0.25) is 0 Å². The zero-order valence-electron chi connectivity index (χ0n) is 12.0. The van der Waals surface area contributed by atoms with Gasteiger partial charge in [-0.3, -0.25) is 4.79 Å². The predicted molar refractivity (Wildman–Crippen MR) is 68.5 cm³/mol. The van der Waals surface area contributed by atoms with Crippen LogP contribution in [0.15, 0.2) is 0 Å². The minimum atomic E-state index is -0.377. The lowest BCUT2D eigenvalue weighted by molar-refractivity contribution is -0.161. The summed E-state index contributed by atoms with van der Waals surface area (Å²) in [6, 6.07) is 0. The average Bonchev–Trinajstić information content (AvgIpc) is 2.84. The summed E-state index contributed by atoms with van der Waals surface area (Å²) in [7, 11) is 0. The molecule has 2 heteroatoms. The van der Waals surface area contributed by atoms with Crippen LogP contribution >= 0.6 is 0 Å². The van der Waals surface area contributed by atoms with E-state index in [2.05, 4.69) is 20.8 Å². The highest BCUT2D eigenvalue weighted by atomic mass is 16.5. The Morgan fingerprint density at radius 2 is 1.88 bits per heavy atom. The Bertz CT molecular complexity index is 326. The molecule has 4 atom stereocenters. The minimum Gasteiger partial charge on any atom is -0.462 e. The summed E-state index contributed by atoms with van der Waals surface area (Å²) in [5.41, 5.74) is 0.111. The van der Waals surface area contributed by atoms with Crippen LogP contribution in [-0.2, 0) is 9.53 Å². The predicted octanol–water partition coefficient (Wildman–Crippen LogP) is 3.65. The third-order valence-corrected chi connectivity index (χ3v) is 5.00. The molecule has 2 aliphatic carbocycles. The lowest BCUT2D eigenvalue weighted by atomic mass is 9.89. The highest BCUT2D eigenvalue weighted by Gasteiger charge is 2.65. The third-order valence-electron chi connectivity index (χ3n) is 5.00. The van der Waals surface area contributed by atoms with Gasteiger partial charge in [-0.1, -0.05) is 20.8 Å². The van der Waals surface area contributed by atoms with Gasteiger partial charge >= 0.3 is 5.97 Å². The van der Waals surface area contributed by atoms with Crippen molar-refractivity contribution in [1.82, 2.24) is 0 Å². The molecule has 0 aliphatic heterocycles. The molecule has 0 saturated heterocycles. The maximum absolute atomic E-state index is 11.9. The molecule has 2 rings (SSSR count). The quantitative estimate of drug-likeness (QED) is 0.686. The van der Waals surface area contributed by atoms with Crippen molar-refractivity contribution in [3.63, 3.8) is 0 Å². The van der Waals surface area contributed by atoms with Crippen molar-refractivity contribution in [1.29, 1.82) is 0 Å². The first kappa shape index (κ1) is 12.9. The molecule has 2 nitrogen and oxygen atoms in total. The van der Waals surface area contributed by atoms with E-state index in [1.54, 1.807) is 0 Å². The number of hydrogen-bond acceptors (Lipinski definition) is 2. The number of ether oxygens (including phenoxy) is 1. The lowest BCUT2D eigenvalue weighted by Crippen LogP contribution is -2.31. The lowest BCUT2D eigenvalue weighted by Gasteiger charge is -2.26. The molecule has 0 amide bonds. The van der Waals surface area contributed by atoms with Crippen LogP contribution in [0.25, 0.3) is 0 Å². The first-order valence-electron chi connectivity index (χ1n) is 6.89. The number of carbonyl (C=O) groups is 1. The Balaban J connectivity index is 2.00. The van der Waals surface area contributed by atoms with Gasteiger partial charge in [0, 0.05) is 0 Å². The molecule has 2 saturated carbocycles. The first-order chi connectivity index (χ1) is 7.68. The van der Waals surface area contributed by atoms with Gasteiger partial charge < -0.3 is 4.74 Å². The summed E-state index contributed by atoms with van der Waals surface area (Å²) in [6.45, 7) is 12.6. The normalized spacial score (nSPS) is 40.3. The summed E-state index contributed by atoms with van der Waals surface area (Å²) >= 11 is 0. The van der Waals surface area contributed by atoms with E-state index >= 15 is 0 Å². The second-order valence-electron chi connectivity index (χ2n) is 7.46. The van der Waals surface area contributed by atoms with E-state index in [1.807, 2.05) is 20.8 Å². The van der Waals surface area contributed by atoms with Gasteiger partial charge in [0.2, 0.25) is 0 Å². The Morgan fingerprint density at radius 1 is 1.29 bits per heavy atom. The number of carbonyl (C=O) groups excluding carboxylic acids is 1. The monoisotopic (exact) mass is 238 g/mol. The van der Waals surface area contributed by atoms with E-state index in [1.165, 1.54) is 6.42 Å². The average molecular weight is 238 g/mol. The SMILES string of the molecule is CC1C(OC(=O)C(C)(C)C)C[C@]2(C(C)C)CC12. The van der Waals surface area contributed by atoms with Gasteiger partial charge in [0.25, 0.3) is 0 Å². The van der Waals surface area contributed by atoms with Gasteiger partial charge in [0.1, 0.15) is 6.10 Å². The van der Waals surface area contributed by atoms with Crippen LogP contribution in [-0.4, -0.2) is 12.1 Å². The van der Waals surface area contributed by atoms with Crippen LogP contribution in [0.4, 0.5) is 0 Å². The summed E-state index contributed by atoms with van der Waals surface area (Å²) < 4.78 is 5.73. The van der Waals surface area contributed by atoms with E-state index in [4.69, 9.17) is 4.74 Å². The van der Waals surface area contributed by atoms with Crippen LogP contribution < -0.4 is 0 Å². The van der Waals surface area contributed by atoms with Crippen LogP contribution in [0, 0.1) is 28.6 Å². The van der Waals surface area contributed by atoms with Crippen molar-refractivity contribution in [2.45, 2.75) is 60.5 Å². The van der Waals surface area contributed by atoms with E-state index in [0.29, 0.717) is 17.3 Å². The molecule has 3 unspecified atom stereocenters. The van der Waals surface area contributed by atoms with E-state index in [-0.39, 0.29) is 17.5 Å². The fourth-order valence-electron chi connectivity index (χ4n) is 3.48. The van der Waals surface area contributed by atoms with Gasteiger partial charge in [-0.15, -0.1) is 0 Å². The Labute approximate surface area is 105 Å². The zero-order chi connectivity index (χ0) is 13.0. The number of fused-ring (bicyclic) bond motifs is 1. The second kappa shape index (κ2) is 3.73. The highest BCUT2D eigenvalue weighted by Crippen LogP contribution is 2.70. The molecule has 0 spiro atoms. The van der Waals surface area contributed by atoms with Gasteiger partial charge in [0.05, 0.1) is 5.41 Å². The van der Waals surface area contributed by atoms with Crippen molar-refractivity contribution < 1.29 is 9.53 Å². The number of rotatable bonds is 2. The maximum atomic E-state index is 11.9. The molecule has 0 radical (unpaired) electrons. The molecular weight excluding hydrogens is 212 g/mol. The third kappa shape index (κ3) is 2.00. The maximum Gasteiger partial charge on any atom is 0.311 e. The standard InChI is InChI=1S/C15H26O2/c1-9(2)15-7-11(15)10(3)12(8-15)17-13(16)14(4,5)6/h9-12H,7-8H2,1-6H3/t10?,11?,12?,15-/m0/s1. The molecule has 2 fully saturated rings. The van der Waals surface area contributed by atoms with Crippen molar-refractivity contribution in [2.24, 2.45) is 28.6 Å². The molecule has 0 aromatic rings. The van der Waals surface area contributed by atoms with Gasteiger partial charge in [-0.2, -0.15) is 0 Å². The topological polar surface area (TPSA) is 26.3 Å². The molecule has 0 bridgehead atoms. The summed E-state index contributed by atoms with van der Waals surface area (Å²) in [6.07, 6.45) is 2.58. The van der Waals surface area contributed by atoms with Gasteiger partial charge in [0.15, 0.2) is 0 Å². The number of esters is 1. The largest absolute Gasteiger partial charge is 0.462 e. The molecule has 0 aromatic heterocycles. The second-order valence-corrected chi connectivity index (χ2v) is 7.46. The van der Waals surface area contributed by atoms with E-state index < -0.39 is 0 Å². The number of hydrogen-bond donors (Lipinski definition) is 0. The van der Waals surface area contributed by atoms with Crippen LogP contribution in [0.5, 0.6) is 0 Å². The highest BCUT2D eigenvalue weighted by molar-refractivity contribution is 5.75. The van der Waals surface area contributed by atoms with Crippen LogP contribution in [0.3, 0.4) is 0 Å². The summed E-state index contributed by atoms with van der Waals surface area (Å²) in [5.74, 6) is 2.01. The smallest absolute Gasteiger partial charge is 0.311 e. The van der Waals surface area contributed by atoms with Crippen molar-refractivity contribution >= 4 is 5.97 Å². The van der Waals surface area contributed by atoms with E-state index in [9.17, 15) is 4.79 Å². The Hall–Kier alpha value is -0.530. The molecule has 0 aromatic carbocycles. The zero-order valence-corrected chi connectivity index (χ0v) is 12.0. The summed E-state index contributed by atoms with van der Waals surface area (Å²) in [5, 5.41) is 0. The molecular formula is C15H26O2. The molecule has 98 valence electrons. The van der Waals surface area contributed by atoms with E-state index in [0.717, 1.165) is 12.3 Å². The molecule has 2 aliphatic rings. The molecule has 0 N–H and O–H groups in total. The fourth-order valence-corrected chi connectivity index (χ4v) is 3.48. The van der Waals surface area contributed by atoms with Crippen molar-refractivity contribution in [2.75, 3.05) is 0 Å². The van der Waals surface area contributed by atoms with Crippen LogP contribution in [0.1, 0.15) is 54.4 Å².